The van der Waals surface area contributed by atoms with E-state index >= 15 is 0 Å². The second-order valence-corrected chi connectivity index (χ2v) is 4.03. The molecule has 1 saturated carbocycles. The molecule has 1 aromatic heterocycles. The third-order valence-corrected chi connectivity index (χ3v) is 2.67. The van der Waals surface area contributed by atoms with Crippen molar-refractivity contribution in [1.29, 1.82) is 0 Å². The van der Waals surface area contributed by atoms with Crippen molar-refractivity contribution in [1.82, 2.24) is 14.8 Å². The number of hydrogen-bond acceptors (Lipinski definition) is 4. The highest BCUT2D eigenvalue weighted by atomic mass is 16.3. The van der Waals surface area contributed by atoms with Gasteiger partial charge in [0.05, 0.1) is 5.69 Å². The molecule has 0 atom stereocenters. The number of phenols is 1. The van der Waals surface area contributed by atoms with Crippen molar-refractivity contribution in [2.45, 2.75) is 18.8 Å². The smallest absolute Gasteiger partial charge is 0.240 e. The summed E-state index contributed by atoms with van der Waals surface area (Å²) in [4.78, 5) is 4.23. The molecular weight excluding hydrogens is 204 g/mol. The molecule has 16 heavy (non-hydrogen) atoms. The van der Waals surface area contributed by atoms with Gasteiger partial charge in [-0.05, 0) is 25.0 Å². The Morgan fingerprint density at radius 2 is 2.19 bits per heavy atom. The van der Waals surface area contributed by atoms with Crippen LogP contribution in [-0.4, -0.2) is 19.9 Å². The first kappa shape index (κ1) is 9.21. The van der Waals surface area contributed by atoms with Crippen LogP contribution in [0.5, 0.6) is 5.75 Å². The molecule has 1 aliphatic carbocycles. The third kappa shape index (κ3) is 1.50. The SMILES string of the molecule is Nc1nc(C2CC2)n(-c2cccc(O)c2)n1. The molecule has 0 saturated heterocycles. The maximum absolute atomic E-state index is 9.43. The molecule has 0 spiro atoms. The number of nitrogen functional groups attached to an aromatic ring is 1. The van der Waals surface area contributed by atoms with Crippen LogP contribution < -0.4 is 5.73 Å². The molecule has 1 heterocycles. The molecule has 82 valence electrons. The normalized spacial score (nSPS) is 15.2. The second kappa shape index (κ2) is 3.23. The molecule has 3 rings (SSSR count). The number of anilines is 1. The molecule has 5 nitrogen and oxygen atoms in total. The van der Waals surface area contributed by atoms with Gasteiger partial charge in [0.2, 0.25) is 5.95 Å². The van der Waals surface area contributed by atoms with Crippen molar-refractivity contribution in [3.8, 4) is 11.4 Å². The average molecular weight is 216 g/mol. The number of hydrogen-bond donors (Lipinski definition) is 2. The van der Waals surface area contributed by atoms with E-state index in [4.69, 9.17) is 5.73 Å². The fraction of sp³-hybridized carbons (Fsp3) is 0.273. The number of nitrogens with two attached hydrogens (primary N) is 1. The predicted octanol–water partition coefficient (Wildman–Crippen LogP) is 1.43. The number of nitrogens with zero attached hydrogens (tertiary/aromatic N) is 3. The highest BCUT2D eigenvalue weighted by Crippen LogP contribution is 2.40. The molecule has 2 aromatic rings. The zero-order valence-electron chi connectivity index (χ0n) is 8.67. The molecule has 0 unspecified atom stereocenters. The topological polar surface area (TPSA) is 77.0 Å². The Morgan fingerprint density at radius 1 is 1.38 bits per heavy atom. The van der Waals surface area contributed by atoms with Gasteiger partial charge < -0.3 is 10.8 Å². The summed E-state index contributed by atoms with van der Waals surface area (Å²) in [5.74, 6) is 1.86. The molecule has 0 radical (unpaired) electrons. The molecule has 0 aliphatic heterocycles. The third-order valence-electron chi connectivity index (χ3n) is 2.67. The molecule has 0 bridgehead atoms. The largest absolute Gasteiger partial charge is 0.508 e. The minimum Gasteiger partial charge on any atom is -0.508 e. The first-order valence-corrected chi connectivity index (χ1v) is 5.26. The fourth-order valence-corrected chi connectivity index (χ4v) is 1.76. The Labute approximate surface area is 92.5 Å². The zero-order chi connectivity index (χ0) is 11.1. The number of benzene rings is 1. The van der Waals surface area contributed by atoms with Crippen molar-refractivity contribution in [2.24, 2.45) is 0 Å². The monoisotopic (exact) mass is 216 g/mol. The number of rotatable bonds is 2. The summed E-state index contributed by atoms with van der Waals surface area (Å²) in [6, 6.07) is 6.93. The fourth-order valence-electron chi connectivity index (χ4n) is 1.76. The van der Waals surface area contributed by atoms with Gasteiger partial charge in [-0.1, -0.05) is 6.07 Å². The maximum atomic E-state index is 9.43. The lowest BCUT2D eigenvalue weighted by molar-refractivity contribution is 0.474. The summed E-state index contributed by atoms with van der Waals surface area (Å²) < 4.78 is 1.72. The van der Waals surface area contributed by atoms with E-state index in [1.807, 2.05) is 6.07 Å². The van der Waals surface area contributed by atoms with E-state index < -0.39 is 0 Å². The standard InChI is InChI=1S/C11H12N4O/c12-11-13-10(7-4-5-7)15(14-11)8-2-1-3-9(16)6-8/h1-3,6-7,16H,4-5H2,(H2,12,14). The van der Waals surface area contributed by atoms with Crippen molar-refractivity contribution >= 4 is 5.95 Å². The Hall–Kier alpha value is -2.04. The van der Waals surface area contributed by atoms with Crippen LogP contribution in [0.3, 0.4) is 0 Å². The Balaban J connectivity index is 2.11. The van der Waals surface area contributed by atoms with Gasteiger partial charge in [-0.25, -0.2) is 4.68 Å². The summed E-state index contributed by atoms with van der Waals surface area (Å²) >= 11 is 0. The number of phenolic OH excluding ortho intramolecular Hbond substituents is 1. The van der Waals surface area contributed by atoms with E-state index in [0.29, 0.717) is 5.92 Å². The number of aromatic nitrogens is 3. The van der Waals surface area contributed by atoms with Crippen LogP contribution in [0.25, 0.3) is 5.69 Å². The summed E-state index contributed by atoms with van der Waals surface area (Å²) in [5.41, 5.74) is 6.41. The van der Waals surface area contributed by atoms with E-state index in [1.54, 1.807) is 22.9 Å². The Kier molecular flexibility index (Phi) is 1.86. The summed E-state index contributed by atoms with van der Waals surface area (Å²) in [6.07, 6.45) is 2.27. The lowest BCUT2D eigenvalue weighted by Gasteiger charge is -2.04. The Bertz CT molecular complexity index is 531. The van der Waals surface area contributed by atoms with Crippen LogP contribution in [0.15, 0.2) is 24.3 Å². The molecule has 1 fully saturated rings. The van der Waals surface area contributed by atoms with Crippen LogP contribution in [0.1, 0.15) is 24.6 Å². The van der Waals surface area contributed by atoms with Crippen molar-refractivity contribution < 1.29 is 5.11 Å². The van der Waals surface area contributed by atoms with Crippen LogP contribution >= 0.6 is 0 Å². The van der Waals surface area contributed by atoms with Crippen molar-refractivity contribution in [3.05, 3.63) is 30.1 Å². The first-order valence-electron chi connectivity index (χ1n) is 5.26. The molecule has 0 amide bonds. The van der Waals surface area contributed by atoms with Crippen LogP contribution in [-0.2, 0) is 0 Å². The van der Waals surface area contributed by atoms with E-state index in [1.165, 1.54) is 0 Å². The van der Waals surface area contributed by atoms with E-state index in [-0.39, 0.29) is 11.7 Å². The second-order valence-electron chi connectivity index (χ2n) is 4.03. The van der Waals surface area contributed by atoms with Gasteiger partial charge in [-0.15, -0.1) is 5.10 Å². The number of aromatic hydroxyl groups is 1. The summed E-state index contributed by atoms with van der Waals surface area (Å²) in [7, 11) is 0. The lowest BCUT2D eigenvalue weighted by Crippen LogP contribution is -2.01. The molecule has 3 N–H and O–H groups in total. The van der Waals surface area contributed by atoms with Gasteiger partial charge in [0, 0.05) is 12.0 Å². The molecule has 5 heteroatoms. The van der Waals surface area contributed by atoms with Crippen molar-refractivity contribution in [3.63, 3.8) is 0 Å². The molecule has 1 aliphatic rings. The average Bonchev–Trinajstić information content (AvgIpc) is 3.02. The Morgan fingerprint density at radius 3 is 2.88 bits per heavy atom. The summed E-state index contributed by atoms with van der Waals surface area (Å²) in [6.45, 7) is 0. The van der Waals surface area contributed by atoms with Gasteiger partial charge in [-0.3, -0.25) is 0 Å². The quantitative estimate of drug-likeness (QED) is 0.796. The van der Waals surface area contributed by atoms with Gasteiger partial charge in [0.25, 0.3) is 0 Å². The zero-order valence-corrected chi connectivity index (χ0v) is 8.67. The van der Waals surface area contributed by atoms with E-state index in [0.717, 1.165) is 24.4 Å². The minimum atomic E-state index is 0.216. The predicted molar refractivity (Wildman–Crippen MR) is 59.4 cm³/mol. The highest BCUT2D eigenvalue weighted by Gasteiger charge is 2.30. The highest BCUT2D eigenvalue weighted by molar-refractivity contribution is 5.40. The maximum Gasteiger partial charge on any atom is 0.240 e. The first-order chi connectivity index (χ1) is 7.74. The molecular formula is C11H12N4O. The van der Waals surface area contributed by atoms with Gasteiger partial charge in [0.1, 0.15) is 11.6 Å². The van der Waals surface area contributed by atoms with Crippen LogP contribution in [0.4, 0.5) is 5.95 Å². The van der Waals surface area contributed by atoms with Gasteiger partial charge in [0.15, 0.2) is 0 Å². The van der Waals surface area contributed by atoms with Gasteiger partial charge >= 0.3 is 0 Å². The summed E-state index contributed by atoms with van der Waals surface area (Å²) in [5, 5.41) is 13.6. The lowest BCUT2D eigenvalue weighted by atomic mass is 10.3. The van der Waals surface area contributed by atoms with E-state index in [2.05, 4.69) is 10.1 Å². The van der Waals surface area contributed by atoms with Crippen LogP contribution in [0.2, 0.25) is 0 Å². The van der Waals surface area contributed by atoms with Gasteiger partial charge in [-0.2, -0.15) is 4.98 Å². The van der Waals surface area contributed by atoms with Crippen molar-refractivity contribution in [2.75, 3.05) is 5.73 Å². The van der Waals surface area contributed by atoms with Crippen LogP contribution in [0, 0.1) is 0 Å². The molecule has 1 aromatic carbocycles. The van der Waals surface area contributed by atoms with E-state index in [9.17, 15) is 5.11 Å². The minimum absolute atomic E-state index is 0.216.